The second-order valence-corrected chi connectivity index (χ2v) is 5.06. The smallest absolute Gasteiger partial charge is 0.0535 e. The third kappa shape index (κ3) is 4.51. The summed E-state index contributed by atoms with van der Waals surface area (Å²) >= 11 is 0. The highest BCUT2D eigenvalue weighted by molar-refractivity contribution is 5.85. The van der Waals surface area contributed by atoms with Crippen molar-refractivity contribution in [1.29, 1.82) is 0 Å². The van der Waals surface area contributed by atoms with Gasteiger partial charge < -0.3 is 10.6 Å². The number of rotatable bonds is 5. The molecular weight excluding hydrogens is 224 g/mol. The van der Waals surface area contributed by atoms with E-state index in [1.165, 1.54) is 5.56 Å². The van der Waals surface area contributed by atoms with Crippen LogP contribution in [0.2, 0.25) is 0 Å². The van der Waals surface area contributed by atoms with E-state index in [0.717, 1.165) is 18.8 Å². The molecule has 0 fully saturated rings. The van der Waals surface area contributed by atoms with Crippen LogP contribution < -0.4 is 5.73 Å². The van der Waals surface area contributed by atoms with Crippen LogP contribution in [-0.4, -0.2) is 35.2 Å². The van der Waals surface area contributed by atoms with Crippen molar-refractivity contribution in [2.45, 2.75) is 27.3 Å². The Labute approximate surface area is 104 Å². The largest absolute Gasteiger partial charge is 0.330 e. The van der Waals surface area contributed by atoms with E-state index in [0.29, 0.717) is 6.54 Å². The molecule has 0 atom stereocenters. The zero-order chi connectivity index (χ0) is 11.5. The maximum Gasteiger partial charge on any atom is 0.0535 e. The molecule has 0 unspecified atom stereocenters. The van der Waals surface area contributed by atoms with Crippen LogP contribution in [0.4, 0.5) is 0 Å². The average Bonchev–Trinajstić information content (AvgIpc) is 2.51. The molecular formula is C11H23ClN4. The lowest BCUT2D eigenvalue weighted by Gasteiger charge is -2.28. The topological polar surface area (TPSA) is 57.9 Å². The van der Waals surface area contributed by atoms with E-state index in [2.05, 4.69) is 36.0 Å². The van der Waals surface area contributed by atoms with Crippen LogP contribution in [-0.2, 0) is 6.54 Å². The van der Waals surface area contributed by atoms with Gasteiger partial charge in [0.05, 0.1) is 6.20 Å². The maximum atomic E-state index is 5.71. The monoisotopic (exact) mass is 246 g/mol. The number of aromatic nitrogens is 2. The van der Waals surface area contributed by atoms with Gasteiger partial charge in [-0.3, -0.25) is 5.10 Å². The van der Waals surface area contributed by atoms with E-state index in [-0.39, 0.29) is 17.8 Å². The van der Waals surface area contributed by atoms with Gasteiger partial charge in [-0.1, -0.05) is 13.8 Å². The zero-order valence-electron chi connectivity index (χ0n) is 10.6. The molecule has 1 heterocycles. The summed E-state index contributed by atoms with van der Waals surface area (Å²) in [6, 6.07) is 0. The SMILES string of the molecule is Cc1[nH]ncc1CN(C)CC(C)(C)CN.Cl. The summed E-state index contributed by atoms with van der Waals surface area (Å²) in [6.45, 7) is 9.04. The first kappa shape index (κ1) is 15.4. The third-order valence-electron chi connectivity index (χ3n) is 2.63. The van der Waals surface area contributed by atoms with E-state index in [4.69, 9.17) is 5.73 Å². The first-order valence-corrected chi connectivity index (χ1v) is 5.32. The lowest BCUT2D eigenvalue weighted by Crippen LogP contribution is -2.36. The summed E-state index contributed by atoms with van der Waals surface area (Å²) < 4.78 is 0. The van der Waals surface area contributed by atoms with Crippen molar-refractivity contribution in [2.24, 2.45) is 11.1 Å². The van der Waals surface area contributed by atoms with Crippen LogP contribution in [0.5, 0.6) is 0 Å². The quantitative estimate of drug-likeness (QED) is 0.829. The van der Waals surface area contributed by atoms with E-state index in [1.807, 2.05) is 13.1 Å². The van der Waals surface area contributed by atoms with Gasteiger partial charge in [0.15, 0.2) is 0 Å². The highest BCUT2D eigenvalue weighted by Crippen LogP contribution is 2.16. The van der Waals surface area contributed by atoms with Gasteiger partial charge in [-0.2, -0.15) is 5.10 Å². The Hall–Kier alpha value is -0.580. The lowest BCUT2D eigenvalue weighted by atomic mass is 9.93. The molecule has 3 N–H and O–H groups in total. The van der Waals surface area contributed by atoms with Crippen molar-refractivity contribution in [3.05, 3.63) is 17.5 Å². The van der Waals surface area contributed by atoms with Crippen LogP contribution in [0.25, 0.3) is 0 Å². The molecule has 0 aliphatic rings. The maximum absolute atomic E-state index is 5.71. The number of H-pyrrole nitrogens is 1. The molecule has 0 aliphatic heterocycles. The van der Waals surface area contributed by atoms with E-state index < -0.39 is 0 Å². The molecule has 16 heavy (non-hydrogen) atoms. The lowest BCUT2D eigenvalue weighted by molar-refractivity contribution is 0.209. The van der Waals surface area contributed by atoms with Crippen LogP contribution in [0.3, 0.4) is 0 Å². The third-order valence-corrected chi connectivity index (χ3v) is 2.63. The predicted octanol–water partition coefficient (Wildman–Crippen LogP) is 1.56. The second-order valence-electron chi connectivity index (χ2n) is 5.06. The van der Waals surface area contributed by atoms with Crippen molar-refractivity contribution in [3.63, 3.8) is 0 Å². The molecule has 0 aromatic carbocycles. The summed E-state index contributed by atoms with van der Waals surface area (Å²) in [5.41, 5.74) is 8.29. The Balaban J connectivity index is 0.00000225. The molecule has 0 aliphatic carbocycles. The average molecular weight is 247 g/mol. The minimum Gasteiger partial charge on any atom is -0.330 e. The highest BCUT2D eigenvalue weighted by atomic mass is 35.5. The van der Waals surface area contributed by atoms with Gasteiger partial charge in [0.1, 0.15) is 0 Å². The van der Waals surface area contributed by atoms with Gasteiger partial charge in [-0.25, -0.2) is 0 Å². The van der Waals surface area contributed by atoms with Gasteiger partial charge in [-0.15, -0.1) is 12.4 Å². The van der Waals surface area contributed by atoms with Gasteiger partial charge in [-0.05, 0) is 25.9 Å². The summed E-state index contributed by atoms with van der Waals surface area (Å²) in [6.07, 6.45) is 1.89. The highest BCUT2D eigenvalue weighted by Gasteiger charge is 2.18. The van der Waals surface area contributed by atoms with Gasteiger partial charge in [0.2, 0.25) is 0 Å². The molecule has 0 bridgehead atoms. The number of halogens is 1. The number of hydrogen-bond donors (Lipinski definition) is 2. The Morgan fingerprint density at radius 2 is 2.12 bits per heavy atom. The minimum atomic E-state index is 0. The van der Waals surface area contributed by atoms with Crippen molar-refractivity contribution in [3.8, 4) is 0 Å². The molecule has 94 valence electrons. The Morgan fingerprint density at radius 3 is 2.56 bits per heavy atom. The summed E-state index contributed by atoms with van der Waals surface area (Å²) in [4.78, 5) is 2.28. The molecule has 1 rings (SSSR count). The minimum absolute atomic E-state index is 0. The Kier molecular flexibility index (Phi) is 6.00. The van der Waals surface area contributed by atoms with Crippen LogP contribution in [0.15, 0.2) is 6.20 Å². The fraction of sp³-hybridized carbons (Fsp3) is 0.727. The molecule has 0 spiro atoms. The fourth-order valence-electron chi connectivity index (χ4n) is 1.68. The van der Waals surface area contributed by atoms with Crippen molar-refractivity contribution < 1.29 is 0 Å². The second kappa shape index (κ2) is 6.23. The number of hydrogen-bond acceptors (Lipinski definition) is 3. The Bertz CT molecular complexity index is 309. The number of nitrogens with zero attached hydrogens (tertiary/aromatic N) is 2. The van der Waals surface area contributed by atoms with Gasteiger partial charge in [0, 0.05) is 24.3 Å². The summed E-state index contributed by atoms with van der Waals surface area (Å²) in [7, 11) is 2.11. The molecule has 5 heteroatoms. The van der Waals surface area contributed by atoms with E-state index in [9.17, 15) is 0 Å². The van der Waals surface area contributed by atoms with Crippen LogP contribution in [0.1, 0.15) is 25.1 Å². The number of nitrogens with one attached hydrogen (secondary N) is 1. The molecule has 1 aromatic rings. The predicted molar refractivity (Wildman–Crippen MR) is 69.7 cm³/mol. The molecule has 0 saturated heterocycles. The Morgan fingerprint density at radius 1 is 1.50 bits per heavy atom. The summed E-state index contributed by atoms with van der Waals surface area (Å²) in [5, 5.41) is 6.96. The first-order valence-electron chi connectivity index (χ1n) is 5.32. The van der Waals surface area contributed by atoms with E-state index in [1.54, 1.807) is 0 Å². The molecule has 0 radical (unpaired) electrons. The standard InChI is InChI=1S/C11H22N4.ClH/c1-9-10(5-13-14-9)6-15(4)8-11(2,3)7-12;/h5H,6-8,12H2,1-4H3,(H,13,14);1H. The summed E-state index contributed by atoms with van der Waals surface area (Å²) in [5.74, 6) is 0. The number of aryl methyl sites for hydroxylation is 1. The van der Waals surface area contributed by atoms with Crippen molar-refractivity contribution >= 4 is 12.4 Å². The molecule has 0 saturated carbocycles. The molecule has 0 amide bonds. The van der Waals surface area contributed by atoms with Crippen molar-refractivity contribution in [2.75, 3.05) is 20.1 Å². The van der Waals surface area contributed by atoms with Gasteiger partial charge in [0.25, 0.3) is 0 Å². The van der Waals surface area contributed by atoms with Crippen LogP contribution >= 0.6 is 12.4 Å². The molecule has 1 aromatic heterocycles. The van der Waals surface area contributed by atoms with E-state index >= 15 is 0 Å². The zero-order valence-corrected chi connectivity index (χ0v) is 11.4. The number of nitrogens with two attached hydrogens (primary N) is 1. The fourth-order valence-corrected chi connectivity index (χ4v) is 1.68. The molecule has 4 nitrogen and oxygen atoms in total. The van der Waals surface area contributed by atoms with Crippen LogP contribution in [0, 0.1) is 12.3 Å². The number of aromatic amines is 1. The first-order chi connectivity index (χ1) is 6.94. The van der Waals surface area contributed by atoms with Gasteiger partial charge >= 0.3 is 0 Å². The normalized spacial score (nSPS) is 11.6. The van der Waals surface area contributed by atoms with Crippen molar-refractivity contribution in [1.82, 2.24) is 15.1 Å².